The molecular formula is C24H19N3. The average molecular weight is 349 g/mol. The Labute approximate surface area is 157 Å². The van der Waals surface area contributed by atoms with Gasteiger partial charge in [-0.2, -0.15) is 5.10 Å². The number of hydrogen-bond acceptors (Lipinski definition) is 2. The third-order valence-electron chi connectivity index (χ3n) is 5.09. The van der Waals surface area contributed by atoms with Crippen LogP contribution in [0.4, 0.5) is 5.69 Å². The summed E-state index contributed by atoms with van der Waals surface area (Å²) in [6.45, 7) is 0. The molecule has 27 heavy (non-hydrogen) atoms. The van der Waals surface area contributed by atoms with Crippen LogP contribution in [0.15, 0.2) is 90.0 Å². The molecule has 0 aliphatic carbocycles. The molecule has 0 amide bonds. The second-order valence-electron chi connectivity index (χ2n) is 6.78. The third kappa shape index (κ3) is 2.74. The van der Waals surface area contributed by atoms with Crippen molar-refractivity contribution in [3.63, 3.8) is 0 Å². The van der Waals surface area contributed by atoms with Gasteiger partial charge in [-0.3, -0.25) is 5.43 Å². The number of nitrogens with zero attached hydrogens (tertiary/aromatic N) is 2. The summed E-state index contributed by atoms with van der Waals surface area (Å²) < 4.78 is 2.24. The van der Waals surface area contributed by atoms with Crippen LogP contribution < -0.4 is 5.43 Å². The molecule has 3 heteroatoms. The van der Waals surface area contributed by atoms with Crippen LogP contribution in [0.5, 0.6) is 0 Å². The van der Waals surface area contributed by atoms with Gasteiger partial charge in [0, 0.05) is 28.9 Å². The van der Waals surface area contributed by atoms with Crippen molar-refractivity contribution in [2.75, 3.05) is 5.43 Å². The molecular weight excluding hydrogens is 330 g/mol. The molecule has 0 saturated heterocycles. The number of hydrogen-bond donors (Lipinski definition) is 1. The minimum absolute atomic E-state index is 0.983. The fourth-order valence-electron chi connectivity index (χ4n) is 3.71. The van der Waals surface area contributed by atoms with Crippen molar-refractivity contribution in [3.8, 4) is 0 Å². The molecule has 4 aromatic carbocycles. The van der Waals surface area contributed by atoms with Crippen molar-refractivity contribution in [1.82, 2.24) is 4.57 Å². The van der Waals surface area contributed by atoms with Crippen LogP contribution in [0.1, 0.15) is 5.56 Å². The normalized spacial score (nSPS) is 11.7. The first-order valence-corrected chi connectivity index (χ1v) is 9.05. The molecule has 0 spiro atoms. The number of rotatable bonds is 3. The lowest BCUT2D eigenvalue weighted by Crippen LogP contribution is -1.91. The summed E-state index contributed by atoms with van der Waals surface area (Å²) in [5.41, 5.74) is 7.68. The van der Waals surface area contributed by atoms with Gasteiger partial charge in [0.15, 0.2) is 0 Å². The zero-order chi connectivity index (χ0) is 18.2. The maximum Gasteiger partial charge on any atom is 0.0568 e. The summed E-state index contributed by atoms with van der Waals surface area (Å²) in [5.74, 6) is 0. The lowest BCUT2D eigenvalue weighted by atomic mass is 10.1. The van der Waals surface area contributed by atoms with Crippen molar-refractivity contribution in [3.05, 3.63) is 90.5 Å². The predicted octanol–water partition coefficient (Wildman–Crippen LogP) is 5.93. The molecule has 5 rings (SSSR count). The first kappa shape index (κ1) is 15.6. The van der Waals surface area contributed by atoms with Crippen LogP contribution in [0.25, 0.3) is 32.6 Å². The molecule has 0 aliphatic rings. The Bertz CT molecular complexity index is 1310. The summed E-state index contributed by atoms with van der Waals surface area (Å²) in [7, 11) is 2.11. The predicted molar refractivity (Wildman–Crippen MR) is 116 cm³/mol. The highest BCUT2D eigenvalue weighted by molar-refractivity contribution is 6.09. The number of fused-ring (bicyclic) bond motifs is 4. The fraction of sp³-hybridized carbons (Fsp3) is 0.0417. The number of para-hydroxylation sites is 1. The number of benzene rings is 4. The van der Waals surface area contributed by atoms with Crippen LogP contribution in [0.3, 0.4) is 0 Å². The lowest BCUT2D eigenvalue weighted by Gasteiger charge is -2.03. The molecule has 5 aromatic rings. The van der Waals surface area contributed by atoms with Crippen molar-refractivity contribution in [1.29, 1.82) is 0 Å². The zero-order valence-corrected chi connectivity index (χ0v) is 15.1. The first-order valence-electron chi connectivity index (χ1n) is 9.05. The smallest absolute Gasteiger partial charge is 0.0568 e. The van der Waals surface area contributed by atoms with Gasteiger partial charge in [-0.05, 0) is 46.7 Å². The van der Waals surface area contributed by atoms with E-state index in [1.807, 2.05) is 12.3 Å². The summed E-state index contributed by atoms with van der Waals surface area (Å²) in [4.78, 5) is 0. The molecule has 0 fully saturated rings. The van der Waals surface area contributed by atoms with Gasteiger partial charge in [-0.15, -0.1) is 0 Å². The molecule has 0 atom stereocenters. The molecule has 0 unspecified atom stereocenters. The van der Waals surface area contributed by atoms with E-state index >= 15 is 0 Å². The molecule has 0 saturated carbocycles. The monoisotopic (exact) mass is 349 g/mol. The second kappa shape index (κ2) is 6.29. The summed E-state index contributed by atoms with van der Waals surface area (Å²) in [6, 6.07) is 29.6. The van der Waals surface area contributed by atoms with E-state index in [2.05, 4.69) is 101 Å². The van der Waals surface area contributed by atoms with E-state index in [4.69, 9.17) is 0 Å². The number of anilines is 1. The lowest BCUT2D eigenvalue weighted by molar-refractivity contribution is 1.01. The van der Waals surface area contributed by atoms with Gasteiger partial charge in [0.1, 0.15) is 0 Å². The Kier molecular flexibility index (Phi) is 3.65. The Morgan fingerprint density at radius 1 is 0.741 bits per heavy atom. The van der Waals surface area contributed by atoms with Gasteiger partial charge in [0.05, 0.1) is 11.9 Å². The highest BCUT2D eigenvalue weighted by Crippen LogP contribution is 2.28. The quantitative estimate of drug-likeness (QED) is 0.317. The van der Waals surface area contributed by atoms with E-state index in [0.717, 1.165) is 11.3 Å². The Morgan fingerprint density at radius 2 is 1.52 bits per heavy atom. The molecule has 0 aliphatic heterocycles. The van der Waals surface area contributed by atoms with E-state index in [9.17, 15) is 0 Å². The number of nitrogens with one attached hydrogen (secondary N) is 1. The summed E-state index contributed by atoms with van der Waals surface area (Å²) in [6.07, 6.45) is 1.87. The van der Waals surface area contributed by atoms with Gasteiger partial charge in [-0.25, -0.2) is 0 Å². The molecule has 3 nitrogen and oxygen atoms in total. The van der Waals surface area contributed by atoms with E-state index in [-0.39, 0.29) is 0 Å². The molecule has 130 valence electrons. The van der Waals surface area contributed by atoms with Crippen molar-refractivity contribution in [2.45, 2.75) is 0 Å². The summed E-state index contributed by atoms with van der Waals surface area (Å²) >= 11 is 0. The highest BCUT2D eigenvalue weighted by atomic mass is 15.3. The molecule has 0 bridgehead atoms. The first-order chi connectivity index (χ1) is 13.3. The zero-order valence-electron chi connectivity index (χ0n) is 15.1. The number of aromatic nitrogens is 1. The maximum atomic E-state index is 4.43. The van der Waals surface area contributed by atoms with Gasteiger partial charge < -0.3 is 4.57 Å². The largest absolute Gasteiger partial charge is 0.344 e. The minimum atomic E-state index is 0.983. The molecule has 1 aromatic heterocycles. The number of aryl methyl sites for hydroxylation is 1. The van der Waals surface area contributed by atoms with Crippen LogP contribution in [0.2, 0.25) is 0 Å². The third-order valence-corrected chi connectivity index (χ3v) is 5.09. The SMILES string of the molecule is Cn1c2ccccc2c2cc(/C=N/Nc3ccc4ccccc4c3)ccc21. The van der Waals surface area contributed by atoms with Gasteiger partial charge >= 0.3 is 0 Å². The van der Waals surface area contributed by atoms with Crippen LogP contribution in [-0.2, 0) is 7.05 Å². The Hall–Kier alpha value is -3.59. The van der Waals surface area contributed by atoms with Crippen molar-refractivity contribution in [2.24, 2.45) is 12.1 Å². The van der Waals surface area contributed by atoms with Gasteiger partial charge in [0.25, 0.3) is 0 Å². The van der Waals surface area contributed by atoms with Crippen molar-refractivity contribution < 1.29 is 0 Å². The average Bonchev–Trinajstić information content (AvgIpc) is 3.00. The molecule has 0 radical (unpaired) electrons. The van der Waals surface area contributed by atoms with Crippen LogP contribution in [0, 0.1) is 0 Å². The van der Waals surface area contributed by atoms with Crippen LogP contribution in [-0.4, -0.2) is 10.8 Å². The summed E-state index contributed by atoms with van der Waals surface area (Å²) in [5, 5.41) is 9.39. The maximum absolute atomic E-state index is 4.43. The van der Waals surface area contributed by atoms with E-state index in [1.54, 1.807) is 0 Å². The van der Waals surface area contributed by atoms with Crippen molar-refractivity contribution >= 4 is 44.5 Å². The molecule has 1 heterocycles. The fourth-order valence-corrected chi connectivity index (χ4v) is 3.71. The molecule has 1 N–H and O–H groups in total. The Balaban J connectivity index is 1.45. The Morgan fingerprint density at radius 3 is 2.44 bits per heavy atom. The van der Waals surface area contributed by atoms with E-state index < -0.39 is 0 Å². The van der Waals surface area contributed by atoms with E-state index in [1.165, 1.54) is 32.6 Å². The highest BCUT2D eigenvalue weighted by Gasteiger charge is 2.07. The number of hydrazone groups is 1. The van der Waals surface area contributed by atoms with Gasteiger partial charge in [-0.1, -0.05) is 54.6 Å². The van der Waals surface area contributed by atoms with E-state index in [0.29, 0.717) is 0 Å². The topological polar surface area (TPSA) is 29.3 Å². The standard InChI is InChI=1S/C24H19N3/c1-27-23-9-5-4-8-21(23)22-14-17(10-13-24(22)27)16-25-26-20-12-11-18-6-2-3-7-19(18)15-20/h2-16,26H,1H3/b25-16+. The van der Waals surface area contributed by atoms with Gasteiger partial charge in [0.2, 0.25) is 0 Å². The van der Waals surface area contributed by atoms with Crippen LogP contribution >= 0.6 is 0 Å². The minimum Gasteiger partial charge on any atom is -0.344 e. The second-order valence-corrected chi connectivity index (χ2v) is 6.78.